The molecule has 2 aliphatic heterocycles. The molecule has 4 unspecified atom stereocenters. The van der Waals surface area contributed by atoms with Crippen LogP contribution in [0.5, 0.6) is 0 Å². The van der Waals surface area contributed by atoms with Crippen LogP contribution in [0.3, 0.4) is 0 Å². The van der Waals surface area contributed by atoms with Crippen LogP contribution in [0.2, 0.25) is 0 Å². The molecule has 17 heteroatoms. The van der Waals surface area contributed by atoms with E-state index in [1.807, 2.05) is 74.4 Å². The molecule has 2 heterocycles. The maximum absolute atomic E-state index is 5.05. The van der Waals surface area contributed by atoms with Crippen LogP contribution in [-0.4, -0.2) is 76.3 Å². The van der Waals surface area contributed by atoms with Crippen molar-refractivity contribution in [3.8, 4) is 0 Å². The Morgan fingerprint density at radius 2 is 0.909 bits per heavy atom. The summed E-state index contributed by atoms with van der Waals surface area (Å²) < 4.78 is 0. The summed E-state index contributed by atoms with van der Waals surface area (Å²) in [6, 6.07) is 37.5. The zero-order chi connectivity index (χ0) is 39.8. The van der Waals surface area contributed by atoms with Crippen molar-refractivity contribution >= 4 is 74.2 Å². The predicted molar refractivity (Wildman–Crippen MR) is 226 cm³/mol. The molecular weight excluding hydrogens is 832 g/mol. The topological polar surface area (TPSA) is 96.0 Å². The SMILES string of the molecule is CCN(Cc1ccccc1)c1ccc(N=NC2N(C)C=N[NH+]2C)cc1.CCN(Cc1ccccc1)c1ccc(N=NC2N(C)C=N[NH+]2C)cc1.[Cl][Zn-2]([Cl])([Cl])[Cl]. The van der Waals surface area contributed by atoms with Crippen LogP contribution >= 0.6 is 38.8 Å². The van der Waals surface area contributed by atoms with Gasteiger partial charge in [-0.05, 0) is 73.5 Å². The Hall–Kier alpha value is -3.68. The van der Waals surface area contributed by atoms with E-state index in [-0.39, 0.29) is 12.6 Å². The number of nitrogens with one attached hydrogen (secondary N) is 2. The molecule has 4 aromatic rings. The van der Waals surface area contributed by atoms with E-state index in [4.69, 9.17) is 38.8 Å². The van der Waals surface area contributed by atoms with Crippen LogP contribution in [0.1, 0.15) is 25.0 Å². The fourth-order valence-corrected chi connectivity index (χ4v) is 5.63. The first-order chi connectivity index (χ1) is 26.3. The Kier molecular flexibility index (Phi) is 17.7. The summed E-state index contributed by atoms with van der Waals surface area (Å²) in [6.45, 7) is 8.05. The third-order valence-electron chi connectivity index (χ3n) is 8.60. The van der Waals surface area contributed by atoms with E-state index in [1.54, 1.807) is 12.7 Å². The van der Waals surface area contributed by atoms with Crippen molar-refractivity contribution in [2.45, 2.75) is 39.5 Å². The van der Waals surface area contributed by atoms with Crippen LogP contribution in [0.4, 0.5) is 22.7 Å². The van der Waals surface area contributed by atoms with Gasteiger partial charge in [-0.15, -0.1) is 20.5 Å². The molecule has 4 atom stereocenters. The number of nitrogens with zero attached hydrogens (tertiary/aromatic N) is 10. The number of benzene rings is 4. The van der Waals surface area contributed by atoms with Crippen LogP contribution in [0.15, 0.2) is 140 Å². The Morgan fingerprint density at radius 3 is 1.18 bits per heavy atom. The number of anilines is 2. The minimum absolute atomic E-state index is 0.0927. The molecule has 0 aliphatic carbocycles. The van der Waals surface area contributed by atoms with E-state index >= 15 is 0 Å². The first kappa shape index (κ1) is 44.0. The first-order valence-corrected chi connectivity index (χ1v) is 33.8. The number of azo groups is 2. The molecule has 0 aromatic heterocycles. The Balaban J connectivity index is 0.000000218. The number of rotatable bonds is 12. The van der Waals surface area contributed by atoms with Gasteiger partial charge in [0.15, 0.2) is 12.7 Å². The second-order valence-corrected chi connectivity index (χ2v) is 40.7. The van der Waals surface area contributed by atoms with Crippen molar-refractivity contribution in [1.82, 2.24) is 9.80 Å². The van der Waals surface area contributed by atoms with E-state index in [0.717, 1.165) is 47.6 Å². The quantitative estimate of drug-likeness (QED) is 0.113. The van der Waals surface area contributed by atoms with Gasteiger partial charge in [0.1, 0.15) is 0 Å². The van der Waals surface area contributed by atoms with Crippen LogP contribution in [0, 0.1) is 0 Å². The van der Waals surface area contributed by atoms with E-state index < -0.39 is 10.8 Å². The van der Waals surface area contributed by atoms with Crippen LogP contribution < -0.4 is 19.8 Å². The van der Waals surface area contributed by atoms with Gasteiger partial charge in [0.25, 0.3) is 0 Å². The summed E-state index contributed by atoms with van der Waals surface area (Å²) in [6.07, 6.45) is 3.38. The molecule has 292 valence electrons. The molecule has 12 nitrogen and oxygen atoms in total. The molecule has 0 saturated heterocycles. The number of hydrogen-bond acceptors (Lipinski definition) is 10. The molecule has 55 heavy (non-hydrogen) atoms. The van der Waals surface area contributed by atoms with Gasteiger partial charge < -0.3 is 9.80 Å². The number of halogens is 4. The molecule has 0 saturated carbocycles. The summed E-state index contributed by atoms with van der Waals surface area (Å²) in [7, 11) is 24.7. The van der Waals surface area contributed by atoms with Gasteiger partial charge in [0.05, 0.1) is 25.5 Å². The van der Waals surface area contributed by atoms with E-state index in [0.29, 0.717) is 0 Å². The van der Waals surface area contributed by atoms with E-state index in [1.165, 1.54) is 22.5 Å². The molecule has 2 N–H and O–H groups in total. The third-order valence-corrected chi connectivity index (χ3v) is 8.60. The van der Waals surface area contributed by atoms with Gasteiger partial charge in [-0.3, -0.25) is 9.80 Å². The summed E-state index contributed by atoms with van der Waals surface area (Å²) >= 11 is 0. The Labute approximate surface area is 344 Å². The fraction of sp³-hybridized carbons (Fsp3) is 0.316. The molecule has 0 radical (unpaired) electrons. The molecular formula is C38H50Cl4N12Zn. The van der Waals surface area contributed by atoms with Gasteiger partial charge in [-0.25, -0.2) is 0 Å². The minimum atomic E-state index is -3.36. The first-order valence-electron chi connectivity index (χ1n) is 18.2. The van der Waals surface area contributed by atoms with Crippen molar-refractivity contribution in [2.75, 3.05) is 51.1 Å². The average Bonchev–Trinajstić information content (AvgIpc) is 3.68. The van der Waals surface area contributed by atoms with Crippen molar-refractivity contribution in [3.63, 3.8) is 0 Å². The second kappa shape index (κ2) is 22.2. The second-order valence-electron chi connectivity index (χ2n) is 12.9. The third kappa shape index (κ3) is 15.1. The zero-order valence-electron chi connectivity index (χ0n) is 32.2. The van der Waals surface area contributed by atoms with Crippen molar-refractivity contribution in [3.05, 3.63) is 120 Å². The molecule has 0 bridgehead atoms. The Morgan fingerprint density at radius 1 is 0.582 bits per heavy atom. The maximum atomic E-state index is 5.05. The Bertz CT molecular complexity index is 1670. The summed E-state index contributed by atoms with van der Waals surface area (Å²) in [5.41, 5.74) is 6.70. The average molecular weight is 882 g/mol. The standard InChI is InChI=1S/2C19H24N6.4ClH.Zn/c2*1-4-25(14-16-8-6-5-7-9-16)18-12-10-17(11-13-18)21-22-19-23(2)15-20-24(19)3;;;;;/h2*5-13,15,19H,4,14H2,1-3H3;4*1H;/q;;;;;;+2/p-2. The molecule has 4 aromatic carbocycles. The number of hydrogen-bond donors (Lipinski definition) is 2. The van der Waals surface area contributed by atoms with Gasteiger partial charge in [0.2, 0.25) is 0 Å². The van der Waals surface area contributed by atoms with Crippen LogP contribution in [-0.2, 0) is 23.9 Å². The normalized spacial score (nSPS) is 19.0. The summed E-state index contributed by atoms with van der Waals surface area (Å²) in [4.78, 5) is 8.58. The van der Waals surface area contributed by atoms with Crippen LogP contribution in [0.25, 0.3) is 0 Å². The van der Waals surface area contributed by atoms with Gasteiger partial charge >= 0.3 is 62.2 Å². The molecule has 0 spiro atoms. The fourth-order valence-electron chi connectivity index (χ4n) is 5.63. The predicted octanol–water partition coefficient (Wildman–Crippen LogP) is 7.72. The monoisotopic (exact) mass is 878 g/mol. The van der Waals surface area contributed by atoms with E-state index in [9.17, 15) is 0 Å². The molecule has 0 amide bonds. The molecule has 6 rings (SSSR count). The molecule has 2 aliphatic rings. The van der Waals surface area contributed by atoms with Gasteiger partial charge in [-0.2, -0.15) is 10.0 Å². The zero-order valence-corrected chi connectivity index (χ0v) is 38.2. The van der Waals surface area contributed by atoms with E-state index in [2.05, 4.69) is 127 Å². The van der Waals surface area contributed by atoms with Crippen molar-refractivity contribution in [1.29, 1.82) is 0 Å². The summed E-state index contributed by atoms with van der Waals surface area (Å²) in [5, 5.41) is 27.9. The van der Waals surface area contributed by atoms with Crippen molar-refractivity contribution < 1.29 is 20.8 Å². The molecule has 0 fully saturated rings. The van der Waals surface area contributed by atoms with Gasteiger partial charge in [0, 0.05) is 51.6 Å². The van der Waals surface area contributed by atoms with Crippen molar-refractivity contribution in [2.24, 2.45) is 30.7 Å². The number of quaternary nitrogens is 2. The summed E-state index contributed by atoms with van der Waals surface area (Å²) in [5.74, 6) is 0. The van der Waals surface area contributed by atoms with Gasteiger partial charge in [-0.1, -0.05) is 70.9 Å².